The zero-order valence-electron chi connectivity index (χ0n) is 14.2. The van der Waals surface area contributed by atoms with E-state index in [0.29, 0.717) is 21.4 Å². The molecule has 1 unspecified atom stereocenters. The standard InChI is InChI=1S/C17H18ClN3O4S/c1-9(2)14(16(24)25)20-13(22)7-12-8-26-17(19-12)21-15(23)10-4-3-5-11(18)6-10/h3-6,8-9,14H,7H2,1-2H3,(H,20,22)(H,24,25)(H,19,21,23). The number of carboxylic acid groups (broad SMARTS) is 1. The van der Waals surface area contributed by atoms with Crippen LogP contribution in [0.2, 0.25) is 5.02 Å². The van der Waals surface area contributed by atoms with Crippen LogP contribution in [0.25, 0.3) is 0 Å². The van der Waals surface area contributed by atoms with Crippen molar-refractivity contribution >= 4 is 45.9 Å². The number of carboxylic acids is 1. The number of anilines is 1. The molecule has 9 heteroatoms. The number of halogens is 1. The molecular weight excluding hydrogens is 378 g/mol. The van der Waals surface area contributed by atoms with Crippen LogP contribution in [0.1, 0.15) is 29.9 Å². The van der Waals surface area contributed by atoms with Gasteiger partial charge in [-0.3, -0.25) is 14.9 Å². The van der Waals surface area contributed by atoms with Crippen molar-refractivity contribution in [2.75, 3.05) is 5.32 Å². The first-order valence-corrected chi connectivity index (χ1v) is 9.05. The lowest BCUT2D eigenvalue weighted by molar-refractivity contribution is -0.143. The molecule has 0 spiro atoms. The van der Waals surface area contributed by atoms with Gasteiger partial charge in [0.05, 0.1) is 12.1 Å². The second kappa shape index (κ2) is 8.77. The molecule has 0 aliphatic heterocycles. The zero-order valence-corrected chi connectivity index (χ0v) is 15.7. The molecule has 0 radical (unpaired) electrons. The minimum atomic E-state index is -1.08. The Labute approximate surface area is 159 Å². The Hall–Kier alpha value is -2.45. The smallest absolute Gasteiger partial charge is 0.326 e. The van der Waals surface area contributed by atoms with E-state index in [4.69, 9.17) is 16.7 Å². The summed E-state index contributed by atoms with van der Waals surface area (Å²) in [5, 5.41) is 16.6. The van der Waals surface area contributed by atoms with E-state index < -0.39 is 17.9 Å². The van der Waals surface area contributed by atoms with Crippen molar-refractivity contribution in [3.05, 3.63) is 45.9 Å². The van der Waals surface area contributed by atoms with Gasteiger partial charge in [0.15, 0.2) is 5.13 Å². The number of carbonyl (C=O) groups excluding carboxylic acids is 2. The molecule has 0 saturated heterocycles. The highest BCUT2D eigenvalue weighted by Crippen LogP contribution is 2.18. The van der Waals surface area contributed by atoms with Crippen molar-refractivity contribution < 1.29 is 19.5 Å². The van der Waals surface area contributed by atoms with Crippen LogP contribution in [0.5, 0.6) is 0 Å². The topological polar surface area (TPSA) is 108 Å². The van der Waals surface area contributed by atoms with Crippen LogP contribution in [-0.4, -0.2) is 33.9 Å². The number of carbonyl (C=O) groups is 3. The van der Waals surface area contributed by atoms with Gasteiger partial charge in [0.25, 0.3) is 5.91 Å². The van der Waals surface area contributed by atoms with Crippen molar-refractivity contribution in [2.24, 2.45) is 5.92 Å². The van der Waals surface area contributed by atoms with E-state index in [2.05, 4.69) is 15.6 Å². The van der Waals surface area contributed by atoms with Crippen molar-refractivity contribution in [3.8, 4) is 0 Å². The number of nitrogens with zero attached hydrogens (tertiary/aromatic N) is 1. The Morgan fingerprint density at radius 2 is 2.04 bits per heavy atom. The Kier molecular flexibility index (Phi) is 6.70. The zero-order chi connectivity index (χ0) is 19.3. The van der Waals surface area contributed by atoms with Gasteiger partial charge in [-0.2, -0.15) is 0 Å². The maximum atomic E-state index is 12.1. The third kappa shape index (κ3) is 5.53. The summed E-state index contributed by atoms with van der Waals surface area (Å²) in [5.41, 5.74) is 0.843. The van der Waals surface area contributed by atoms with Gasteiger partial charge in [-0.25, -0.2) is 9.78 Å². The Morgan fingerprint density at radius 3 is 2.65 bits per heavy atom. The van der Waals surface area contributed by atoms with Crippen molar-refractivity contribution in [2.45, 2.75) is 26.3 Å². The summed E-state index contributed by atoms with van der Waals surface area (Å²) < 4.78 is 0. The summed E-state index contributed by atoms with van der Waals surface area (Å²) in [4.78, 5) is 39.5. The fourth-order valence-electron chi connectivity index (χ4n) is 2.15. The maximum Gasteiger partial charge on any atom is 0.326 e. The number of thiazole rings is 1. The first-order valence-electron chi connectivity index (χ1n) is 7.79. The van der Waals surface area contributed by atoms with E-state index in [1.165, 1.54) is 17.4 Å². The van der Waals surface area contributed by atoms with Crippen molar-refractivity contribution in [3.63, 3.8) is 0 Å². The lowest BCUT2D eigenvalue weighted by Gasteiger charge is -2.17. The van der Waals surface area contributed by atoms with Crippen LogP contribution in [0.3, 0.4) is 0 Å². The van der Waals surface area contributed by atoms with Gasteiger partial charge in [-0.05, 0) is 24.1 Å². The number of nitrogens with one attached hydrogen (secondary N) is 2. The third-order valence-corrected chi connectivity index (χ3v) is 4.49. The number of aliphatic carboxylic acids is 1. The monoisotopic (exact) mass is 395 g/mol. The Bertz CT molecular complexity index is 822. The first kappa shape index (κ1) is 19.9. The Balaban J connectivity index is 1.96. The van der Waals surface area contributed by atoms with Gasteiger partial charge in [-0.1, -0.05) is 31.5 Å². The molecule has 3 N–H and O–H groups in total. The maximum absolute atomic E-state index is 12.1. The lowest BCUT2D eigenvalue weighted by atomic mass is 10.0. The first-order chi connectivity index (χ1) is 12.3. The predicted octanol–water partition coefficient (Wildman–Crippen LogP) is 2.82. The van der Waals surface area contributed by atoms with Crippen LogP contribution in [0, 0.1) is 5.92 Å². The fraction of sp³-hybridized carbons (Fsp3) is 0.294. The highest BCUT2D eigenvalue weighted by Gasteiger charge is 2.23. The second-order valence-electron chi connectivity index (χ2n) is 5.91. The molecule has 0 fully saturated rings. The van der Waals surface area contributed by atoms with E-state index in [1.54, 1.807) is 37.4 Å². The summed E-state index contributed by atoms with van der Waals surface area (Å²) in [5.74, 6) is -2.12. The van der Waals surface area contributed by atoms with Crippen LogP contribution in [0.15, 0.2) is 29.6 Å². The van der Waals surface area contributed by atoms with Gasteiger partial charge in [0.2, 0.25) is 5.91 Å². The summed E-state index contributed by atoms with van der Waals surface area (Å²) >= 11 is 7.04. The molecular formula is C17H18ClN3O4S. The van der Waals surface area contributed by atoms with Gasteiger partial charge >= 0.3 is 5.97 Å². The SMILES string of the molecule is CC(C)C(NC(=O)Cc1csc(NC(=O)c2cccc(Cl)c2)n1)C(=O)O. The number of hydrogen-bond donors (Lipinski definition) is 3. The van der Waals surface area contributed by atoms with Crippen LogP contribution < -0.4 is 10.6 Å². The molecule has 0 aliphatic carbocycles. The summed E-state index contributed by atoms with van der Waals surface area (Å²) in [7, 11) is 0. The molecule has 1 heterocycles. The van der Waals surface area contributed by atoms with Gasteiger partial charge in [-0.15, -0.1) is 11.3 Å². The molecule has 1 aromatic heterocycles. The lowest BCUT2D eigenvalue weighted by Crippen LogP contribution is -2.44. The van der Waals surface area contributed by atoms with Gasteiger partial charge < -0.3 is 10.4 Å². The molecule has 1 atom stereocenters. The highest BCUT2D eigenvalue weighted by atomic mass is 35.5. The average Bonchev–Trinajstić information content (AvgIpc) is 2.98. The molecule has 0 saturated carbocycles. The molecule has 2 amide bonds. The molecule has 0 bridgehead atoms. The molecule has 2 aromatic rings. The van der Waals surface area contributed by atoms with Gasteiger partial charge in [0, 0.05) is 16.0 Å². The van der Waals surface area contributed by atoms with E-state index in [-0.39, 0.29) is 18.2 Å². The summed E-state index contributed by atoms with van der Waals surface area (Å²) in [6, 6.07) is 5.54. The molecule has 2 rings (SSSR count). The fourth-order valence-corrected chi connectivity index (χ4v) is 3.04. The van der Waals surface area contributed by atoms with E-state index in [1.807, 2.05) is 0 Å². The Morgan fingerprint density at radius 1 is 1.31 bits per heavy atom. The van der Waals surface area contributed by atoms with Crippen LogP contribution in [-0.2, 0) is 16.0 Å². The number of hydrogen-bond acceptors (Lipinski definition) is 5. The largest absolute Gasteiger partial charge is 0.480 e. The summed E-state index contributed by atoms with van der Waals surface area (Å²) in [6.45, 7) is 3.43. The highest BCUT2D eigenvalue weighted by molar-refractivity contribution is 7.14. The minimum absolute atomic E-state index is 0.0694. The quantitative estimate of drug-likeness (QED) is 0.668. The summed E-state index contributed by atoms with van der Waals surface area (Å²) in [6.07, 6.45) is -0.0694. The van der Waals surface area contributed by atoms with E-state index >= 15 is 0 Å². The average molecular weight is 396 g/mol. The van der Waals surface area contributed by atoms with Crippen molar-refractivity contribution in [1.82, 2.24) is 10.3 Å². The normalized spacial score (nSPS) is 11.8. The number of benzene rings is 1. The van der Waals surface area contributed by atoms with Crippen molar-refractivity contribution in [1.29, 1.82) is 0 Å². The second-order valence-corrected chi connectivity index (χ2v) is 7.21. The predicted molar refractivity (Wildman–Crippen MR) is 99.6 cm³/mol. The van der Waals surface area contributed by atoms with E-state index in [0.717, 1.165) is 0 Å². The van der Waals surface area contributed by atoms with Gasteiger partial charge in [0.1, 0.15) is 6.04 Å². The third-order valence-electron chi connectivity index (χ3n) is 3.45. The number of rotatable bonds is 7. The van der Waals surface area contributed by atoms with E-state index in [9.17, 15) is 14.4 Å². The number of amides is 2. The minimum Gasteiger partial charge on any atom is -0.480 e. The number of aromatic nitrogens is 1. The molecule has 26 heavy (non-hydrogen) atoms. The molecule has 138 valence electrons. The van der Waals surface area contributed by atoms with Crippen LogP contribution >= 0.6 is 22.9 Å². The molecule has 0 aliphatic rings. The molecule has 1 aromatic carbocycles. The van der Waals surface area contributed by atoms with Crippen LogP contribution in [0.4, 0.5) is 5.13 Å². The molecule has 7 nitrogen and oxygen atoms in total.